The summed E-state index contributed by atoms with van der Waals surface area (Å²) in [6.07, 6.45) is 3.74. The minimum Gasteiger partial charge on any atom is -0.378 e. The number of nitrogens with one attached hydrogen (secondary N) is 1. The maximum Gasteiger partial charge on any atom is 0.416 e. The Morgan fingerprint density at radius 2 is 1.97 bits per heavy atom. The van der Waals surface area contributed by atoms with Crippen LogP contribution in [0.4, 0.5) is 13.2 Å². The molecule has 176 valence electrons. The Labute approximate surface area is 192 Å². The number of benzene rings is 1. The van der Waals surface area contributed by atoms with Gasteiger partial charge < -0.3 is 15.0 Å². The van der Waals surface area contributed by atoms with Gasteiger partial charge in [0.25, 0.3) is 5.91 Å². The highest BCUT2D eigenvalue weighted by molar-refractivity contribution is 5.96. The number of Topliss-reactive ketones (excluding diaryl/α,β-unsaturated/α-hetero) is 1. The van der Waals surface area contributed by atoms with Crippen LogP contribution in [0.5, 0.6) is 0 Å². The van der Waals surface area contributed by atoms with Crippen molar-refractivity contribution < 1.29 is 22.8 Å². The highest BCUT2D eigenvalue weighted by Gasteiger charge is 2.32. The number of nitrogens with zero attached hydrogens (tertiary/aromatic N) is 1. The maximum absolute atomic E-state index is 13.0. The van der Waals surface area contributed by atoms with Crippen molar-refractivity contribution in [1.82, 2.24) is 10.2 Å². The van der Waals surface area contributed by atoms with Crippen LogP contribution in [-0.4, -0.2) is 29.7 Å². The number of halogens is 3. The van der Waals surface area contributed by atoms with Crippen molar-refractivity contribution in [2.24, 2.45) is 11.8 Å². The lowest BCUT2D eigenvalue weighted by Gasteiger charge is -2.20. The molecule has 0 radical (unpaired) electrons. The normalized spacial score (nSPS) is 20.1. The van der Waals surface area contributed by atoms with Crippen LogP contribution in [0, 0.1) is 11.8 Å². The molecule has 2 aliphatic rings. The second kappa shape index (κ2) is 10.3. The van der Waals surface area contributed by atoms with Crippen LogP contribution in [-0.2, 0) is 15.8 Å². The van der Waals surface area contributed by atoms with Gasteiger partial charge in [-0.1, -0.05) is 19.1 Å². The Bertz CT molecular complexity index is 1030. The summed E-state index contributed by atoms with van der Waals surface area (Å²) >= 11 is 0. The van der Waals surface area contributed by atoms with E-state index >= 15 is 0 Å². The first kappa shape index (κ1) is 24.6. The van der Waals surface area contributed by atoms with Crippen LogP contribution in [0.15, 0.2) is 65.6 Å². The molecule has 7 heteroatoms. The van der Waals surface area contributed by atoms with Gasteiger partial charge >= 0.3 is 6.18 Å². The Balaban J connectivity index is 1.65. The molecule has 3 rings (SSSR count). The monoisotopic (exact) mass is 458 g/mol. The van der Waals surface area contributed by atoms with Gasteiger partial charge in [0.1, 0.15) is 5.78 Å². The van der Waals surface area contributed by atoms with E-state index in [-0.39, 0.29) is 23.7 Å². The van der Waals surface area contributed by atoms with Crippen molar-refractivity contribution in [3.63, 3.8) is 0 Å². The van der Waals surface area contributed by atoms with Gasteiger partial charge in [0.05, 0.1) is 5.56 Å². The molecule has 1 aromatic carbocycles. The van der Waals surface area contributed by atoms with Gasteiger partial charge in [0.15, 0.2) is 0 Å². The van der Waals surface area contributed by atoms with Gasteiger partial charge in [-0.25, -0.2) is 0 Å². The molecule has 4 nitrogen and oxygen atoms in total. The van der Waals surface area contributed by atoms with Crippen molar-refractivity contribution in [2.75, 3.05) is 13.1 Å². The number of rotatable bonds is 7. The molecule has 1 aliphatic heterocycles. The van der Waals surface area contributed by atoms with E-state index in [1.165, 1.54) is 6.07 Å². The van der Waals surface area contributed by atoms with Crippen molar-refractivity contribution in [3.8, 4) is 0 Å². The molecule has 0 bridgehead atoms. The molecule has 1 amide bonds. The molecular weight excluding hydrogens is 429 g/mol. The highest BCUT2D eigenvalue weighted by Crippen LogP contribution is 2.31. The van der Waals surface area contributed by atoms with Crippen molar-refractivity contribution in [3.05, 3.63) is 76.7 Å². The molecule has 1 saturated heterocycles. The van der Waals surface area contributed by atoms with Crippen LogP contribution in [0.25, 0.3) is 0 Å². The fourth-order valence-corrected chi connectivity index (χ4v) is 4.28. The zero-order chi connectivity index (χ0) is 24.2. The van der Waals surface area contributed by atoms with Gasteiger partial charge in [0, 0.05) is 42.9 Å². The maximum atomic E-state index is 13.0. The lowest BCUT2D eigenvalue weighted by molar-refractivity contribution is -0.137. The van der Waals surface area contributed by atoms with Crippen LogP contribution in [0.1, 0.15) is 50.8 Å². The summed E-state index contributed by atoms with van der Waals surface area (Å²) in [7, 11) is 0. The summed E-state index contributed by atoms with van der Waals surface area (Å²) in [6.45, 7) is 6.71. The minimum absolute atomic E-state index is 0.0862. The third-order valence-electron chi connectivity index (χ3n) is 6.19. The molecule has 1 fully saturated rings. The molecule has 0 aromatic heterocycles. The van der Waals surface area contributed by atoms with Crippen LogP contribution in [0.3, 0.4) is 0 Å². The number of hydrogen-bond acceptors (Lipinski definition) is 3. The molecular formula is C26H29F3N2O2. The molecule has 1 aromatic rings. The van der Waals surface area contributed by atoms with E-state index in [4.69, 9.17) is 0 Å². The first-order chi connectivity index (χ1) is 15.5. The summed E-state index contributed by atoms with van der Waals surface area (Å²) in [4.78, 5) is 26.2. The molecule has 3 atom stereocenters. The van der Waals surface area contributed by atoms with Crippen LogP contribution in [0.2, 0.25) is 0 Å². The number of alkyl halides is 3. The lowest BCUT2D eigenvalue weighted by Crippen LogP contribution is -2.30. The van der Waals surface area contributed by atoms with Gasteiger partial charge in [-0.2, -0.15) is 13.2 Å². The molecule has 1 heterocycles. The molecule has 1 unspecified atom stereocenters. The fourth-order valence-electron chi connectivity index (χ4n) is 4.28. The van der Waals surface area contributed by atoms with E-state index < -0.39 is 11.7 Å². The van der Waals surface area contributed by atoms with E-state index in [0.29, 0.717) is 42.3 Å². The van der Waals surface area contributed by atoms with Crippen molar-refractivity contribution in [1.29, 1.82) is 0 Å². The largest absolute Gasteiger partial charge is 0.416 e. The van der Waals surface area contributed by atoms with E-state index in [0.717, 1.165) is 18.6 Å². The van der Waals surface area contributed by atoms with Gasteiger partial charge in [0.2, 0.25) is 0 Å². The summed E-state index contributed by atoms with van der Waals surface area (Å²) in [6, 6.07) is 4.85. The predicted octanol–water partition coefficient (Wildman–Crippen LogP) is 5.35. The first-order valence-electron chi connectivity index (χ1n) is 11.1. The van der Waals surface area contributed by atoms with E-state index in [2.05, 4.69) is 18.0 Å². The summed E-state index contributed by atoms with van der Waals surface area (Å²) in [5, 5.41) is 3.18. The standard InChI is InChI=1S/C26H29F3N2O2/c1-17(14-18(2)32)22-12-13-31(16-22)25(33)20-6-5-9-24(11-10-20)30-19(3)21-7-4-8-23(15-21)26(27,28)29/h4,6-11,15,17,19,22,30H,12-14,16H2,1-3H3/t17?,19-,22-/m0/s1. The Hall–Kier alpha value is -3.05. The fraction of sp³-hybridized carbons (Fsp3) is 0.423. The van der Waals surface area contributed by atoms with Crippen LogP contribution >= 0.6 is 0 Å². The Kier molecular flexibility index (Phi) is 7.65. The summed E-state index contributed by atoms with van der Waals surface area (Å²) in [5.41, 5.74) is 3.95. The highest BCUT2D eigenvalue weighted by atomic mass is 19.4. The smallest absolute Gasteiger partial charge is 0.378 e. The molecule has 1 aliphatic carbocycles. The molecule has 0 spiro atoms. The molecule has 1 N–H and O–H groups in total. The second-order valence-corrected chi connectivity index (χ2v) is 8.87. The van der Waals surface area contributed by atoms with Gasteiger partial charge in [-0.3, -0.25) is 4.79 Å². The second-order valence-electron chi connectivity index (χ2n) is 8.87. The van der Waals surface area contributed by atoms with E-state index in [1.807, 2.05) is 4.90 Å². The van der Waals surface area contributed by atoms with Gasteiger partial charge in [-0.05, 0) is 68.0 Å². The summed E-state index contributed by atoms with van der Waals surface area (Å²) < 4.78 is 39.0. The van der Waals surface area contributed by atoms with Gasteiger partial charge in [-0.15, -0.1) is 5.73 Å². The molecule has 0 saturated carbocycles. The third-order valence-corrected chi connectivity index (χ3v) is 6.19. The number of amides is 1. The number of carbonyl (C=O) groups is 2. The SMILES string of the molecule is CC(=O)CC(C)[C@H]1CCN(C(=O)C2=CC=C(N[C@@H](C)c3cccc(C(F)(F)F)c3)C=C=C2)C1. The Morgan fingerprint density at radius 1 is 1.21 bits per heavy atom. The number of allylic oxidation sites excluding steroid dienone is 3. The topological polar surface area (TPSA) is 49.4 Å². The van der Waals surface area contributed by atoms with Crippen molar-refractivity contribution >= 4 is 11.7 Å². The zero-order valence-electron chi connectivity index (χ0n) is 19.1. The number of hydrogen-bond donors (Lipinski definition) is 1. The Morgan fingerprint density at radius 3 is 2.67 bits per heavy atom. The lowest BCUT2D eigenvalue weighted by atomic mass is 9.89. The van der Waals surface area contributed by atoms with Crippen LogP contribution < -0.4 is 5.32 Å². The third kappa shape index (κ3) is 6.48. The average molecular weight is 459 g/mol. The number of likely N-dealkylation sites (tertiary alicyclic amines) is 1. The zero-order valence-corrected chi connectivity index (χ0v) is 19.1. The quantitative estimate of drug-likeness (QED) is 0.560. The number of ketones is 1. The predicted molar refractivity (Wildman–Crippen MR) is 121 cm³/mol. The van der Waals surface area contributed by atoms with E-state index in [1.54, 1.807) is 44.2 Å². The minimum atomic E-state index is -4.39. The summed E-state index contributed by atoms with van der Waals surface area (Å²) in [5.74, 6) is 0.630. The first-order valence-corrected chi connectivity index (χ1v) is 11.1. The molecule has 33 heavy (non-hydrogen) atoms. The number of carbonyl (C=O) groups excluding carboxylic acids is 2. The van der Waals surface area contributed by atoms with E-state index in [9.17, 15) is 22.8 Å². The van der Waals surface area contributed by atoms with Crippen molar-refractivity contribution in [2.45, 2.75) is 45.8 Å². The average Bonchev–Trinajstić information content (AvgIpc) is 3.13.